The summed E-state index contributed by atoms with van der Waals surface area (Å²) in [7, 11) is -3.22. The van der Waals surface area contributed by atoms with Gasteiger partial charge in [-0.2, -0.15) is 0 Å². The second kappa shape index (κ2) is 9.67. The lowest BCUT2D eigenvalue weighted by Gasteiger charge is -2.13. The lowest BCUT2D eigenvalue weighted by atomic mass is 10.1. The summed E-state index contributed by atoms with van der Waals surface area (Å²) in [5.41, 5.74) is 2.45. The van der Waals surface area contributed by atoms with Crippen molar-refractivity contribution in [3.63, 3.8) is 0 Å². The average molecular weight is 487 g/mol. The zero-order valence-corrected chi connectivity index (χ0v) is 19.5. The van der Waals surface area contributed by atoms with Crippen LogP contribution < -0.4 is 5.32 Å². The third-order valence-electron chi connectivity index (χ3n) is 4.97. The number of ether oxygens (including phenoxy) is 1. The first-order valence-electron chi connectivity index (χ1n) is 10.3. The Labute approximate surface area is 195 Å². The third-order valence-corrected chi connectivity index (χ3v) is 7.86. The summed E-state index contributed by atoms with van der Waals surface area (Å²) >= 11 is 1.10. The number of carbonyl (C=O) groups is 2. The van der Waals surface area contributed by atoms with Crippen LogP contribution in [-0.2, 0) is 38.1 Å². The van der Waals surface area contributed by atoms with Crippen molar-refractivity contribution >= 4 is 44.1 Å². The normalized spacial score (nSPS) is 14.7. The molecule has 1 aliphatic heterocycles. The van der Waals surface area contributed by atoms with Gasteiger partial charge in [-0.1, -0.05) is 35.5 Å². The van der Waals surface area contributed by atoms with Crippen LogP contribution in [0.4, 0.5) is 5.00 Å². The van der Waals surface area contributed by atoms with E-state index < -0.39 is 21.7 Å². The van der Waals surface area contributed by atoms with Crippen molar-refractivity contribution in [2.45, 2.75) is 25.6 Å². The molecular formula is C22H22N4O5S2. The predicted molar refractivity (Wildman–Crippen MR) is 125 cm³/mol. The highest BCUT2D eigenvalue weighted by atomic mass is 32.2. The number of thiophene rings is 1. The fourth-order valence-corrected chi connectivity index (χ4v) is 6.52. The van der Waals surface area contributed by atoms with Gasteiger partial charge in [-0.05, 0) is 30.5 Å². The number of nitrogens with one attached hydrogen (secondary N) is 1. The topological polar surface area (TPSA) is 120 Å². The van der Waals surface area contributed by atoms with Crippen LogP contribution in [0.5, 0.6) is 0 Å². The summed E-state index contributed by atoms with van der Waals surface area (Å²) in [5.74, 6) is -1.22. The quantitative estimate of drug-likeness (QED) is 0.403. The maximum Gasteiger partial charge on any atom is 0.341 e. The summed E-state index contributed by atoms with van der Waals surface area (Å²) in [6, 6.07) is 9.79. The Hall–Kier alpha value is -3.31. The highest BCUT2D eigenvalue weighted by Crippen LogP contribution is 2.38. The largest absolute Gasteiger partial charge is 0.462 e. The molecule has 0 saturated heterocycles. The highest BCUT2D eigenvalue weighted by Gasteiger charge is 2.31. The second-order valence-electron chi connectivity index (χ2n) is 7.42. The molecule has 2 aromatic heterocycles. The molecule has 9 nitrogen and oxygen atoms in total. The van der Waals surface area contributed by atoms with E-state index in [2.05, 4.69) is 15.6 Å². The van der Waals surface area contributed by atoms with Gasteiger partial charge in [-0.15, -0.1) is 16.4 Å². The van der Waals surface area contributed by atoms with Gasteiger partial charge in [-0.25, -0.2) is 17.9 Å². The van der Waals surface area contributed by atoms with E-state index in [1.165, 1.54) is 12.2 Å². The third kappa shape index (κ3) is 5.55. The number of esters is 1. The molecule has 3 aromatic rings. The van der Waals surface area contributed by atoms with Crippen LogP contribution in [0, 0.1) is 0 Å². The van der Waals surface area contributed by atoms with Crippen LogP contribution in [-0.4, -0.2) is 47.6 Å². The highest BCUT2D eigenvalue weighted by molar-refractivity contribution is 7.90. The number of aromatic nitrogens is 3. The lowest BCUT2D eigenvalue weighted by Crippen LogP contribution is -2.20. The number of sulfone groups is 1. The van der Waals surface area contributed by atoms with E-state index in [0.717, 1.165) is 16.9 Å². The maximum atomic E-state index is 12.5. The van der Waals surface area contributed by atoms with E-state index in [1.54, 1.807) is 17.8 Å². The molecule has 0 aliphatic carbocycles. The number of rotatable bonds is 7. The van der Waals surface area contributed by atoms with Crippen molar-refractivity contribution in [1.82, 2.24) is 15.0 Å². The number of hydrogen-bond donors (Lipinski definition) is 1. The number of amides is 1. The Bertz CT molecular complexity index is 1310. The van der Waals surface area contributed by atoms with Crippen LogP contribution in [0.1, 0.15) is 39.0 Å². The molecule has 11 heteroatoms. The minimum absolute atomic E-state index is 0.0327. The number of benzene rings is 1. The minimum atomic E-state index is -3.22. The first-order valence-corrected chi connectivity index (χ1v) is 12.9. The van der Waals surface area contributed by atoms with E-state index in [1.807, 2.05) is 30.3 Å². The molecule has 3 heterocycles. The van der Waals surface area contributed by atoms with E-state index in [0.29, 0.717) is 22.7 Å². The van der Waals surface area contributed by atoms with Gasteiger partial charge in [0.15, 0.2) is 9.84 Å². The van der Waals surface area contributed by atoms with Gasteiger partial charge in [0.2, 0.25) is 5.91 Å². The Morgan fingerprint density at radius 1 is 1.27 bits per heavy atom. The lowest BCUT2D eigenvalue weighted by molar-refractivity contribution is -0.111. The number of hydrogen-bond acceptors (Lipinski definition) is 8. The summed E-state index contributed by atoms with van der Waals surface area (Å²) in [6.07, 6.45) is 4.75. The van der Waals surface area contributed by atoms with Crippen molar-refractivity contribution in [2.75, 3.05) is 17.7 Å². The SMILES string of the molecule is CCOC(=O)c1c(NC(=O)/C=C/c2cn(Cc3ccccc3)nn2)sc2c1CCS(=O)(=O)C2. The molecular weight excluding hydrogens is 464 g/mol. The molecule has 172 valence electrons. The molecule has 0 radical (unpaired) electrons. The van der Waals surface area contributed by atoms with Crippen molar-refractivity contribution < 1.29 is 22.7 Å². The molecule has 1 aromatic carbocycles. The van der Waals surface area contributed by atoms with Gasteiger partial charge in [0.1, 0.15) is 10.7 Å². The van der Waals surface area contributed by atoms with Crippen molar-refractivity contribution in [2.24, 2.45) is 0 Å². The molecule has 1 aliphatic rings. The monoisotopic (exact) mass is 486 g/mol. The van der Waals surface area contributed by atoms with Crippen molar-refractivity contribution in [1.29, 1.82) is 0 Å². The second-order valence-corrected chi connectivity index (χ2v) is 10.7. The molecule has 0 saturated carbocycles. The van der Waals surface area contributed by atoms with Crippen molar-refractivity contribution in [3.8, 4) is 0 Å². The Morgan fingerprint density at radius 3 is 2.82 bits per heavy atom. The van der Waals surface area contributed by atoms with Gasteiger partial charge in [0.05, 0.1) is 36.4 Å². The zero-order chi connectivity index (χ0) is 23.4. The van der Waals surface area contributed by atoms with Gasteiger partial charge in [-0.3, -0.25) is 4.79 Å². The number of fused-ring (bicyclic) bond motifs is 1. The number of nitrogens with zero attached hydrogens (tertiary/aromatic N) is 3. The first-order chi connectivity index (χ1) is 15.8. The Morgan fingerprint density at radius 2 is 2.06 bits per heavy atom. The zero-order valence-electron chi connectivity index (χ0n) is 17.9. The van der Waals surface area contributed by atoms with Gasteiger partial charge < -0.3 is 10.1 Å². The fraction of sp³-hybridized carbons (Fsp3) is 0.273. The summed E-state index contributed by atoms with van der Waals surface area (Å²) in [5, 5.41) is 11.1. The molecule has 0 bridgehead atoms. The first kappa shape index (κ1) is 22.9. The molecule has 1 amide bonds. The summed E-state index contributed by atoms with van der Waals surface area (Å²) in [4.78, 5) is 25.6. The number of carbonyl (C=O) groups excluding carboxylic acids is 2. The van der Waals surface area contributed by atoms with Crippen LogP contribution in [0.15, 0.2) is 42.6 Å². The average Bonchev–Trinajstić information content (AvgIpc) is 3.36. The fourth-order valence-electron chi connectivity index (χ4n) is 3.48. The Balaban J connectivity index is 1.49. The molecule has 1 N–H and O–H groups in total. The molecule has 0 atom stereocenters. The van der Waals surface area contributed by atoms with E-state index in [-0.39, 0.29) is 35.1 Å². The van der Waals surface area contributed by atoms with E-state index >= 15 is 0 Å². The van der Waals surface area contributed by atoms with Crippen LogP contribution in [0.3, 0.4) is 0 Å². The molecule has 0 fully saturated rings. The van der Waals surface area contributed by atoms with E-state index in [4.69, 9.17) is 4.74 Å². The van der Waals surface area contributed by atoms with E-state index in [9.17, 15) is 18.0 Å². The summed E-state index contributed by atoms with van der Waals surface area (Å²) in [6.45, 7) is 2.42. The molecule has 0 spiro atoms. The van der Waals surface area contributed by atoms with Gasteiger partial charge in [0.25, 0.3) is 0 Å². The van der Waals surface area contributed by atoms with Gasteiger partial charge >= 0.3 is 5.97 Å². The smallest absolute Gasteiger partial charge is 0.341 e. The van der Waals surface area contributed by atoms with Crippen LogP contribution in [0.2, 0.25) is 0 Å². The summed E-state index contributed by atoms with van der Waals surface area (Å²) < 4.78 is 30.8. The van der Waals surface area contributed by atoms with Crippen LogP contribution >= 0.6 is 11.3 Å². The minimum Gasteiger partial charge on any atom is -0.462 e. The molecule has 4 rings (SSSR count). The van der Waals surface area contributed by atoms with Gasteiger partial charge in [0, 0.05) is 11.0 Å². The molecule has 0 unspecified atom stereocenters. The number of anilines is 1. The van der Waals surface area contributed by atoms with Crippen molar-refractivity contribution in [3.05, 3.63) is 69.9 Å². The standard InChI is InChI=1S/C22H22N4O5S2/c1-2-31-22(28)20-17-10-11-33(29,30)14-18(17)32-21(20)23-19(27)9-8-16-13-26(25-24-16)12-15-6-4-3-5-7-15/h3-9,13H,2,10-12,14H2,1H3,(H,23,27)/b9-8+. The van der Waals surface area contributed by atoms with Crippen LogP contribution in [0.25, 0.3) is 6.08 Å². The Kier molecular flexibility index (Phi) is 6.70. The molecule has 33 heavy (non-hydrogen) atoms. The maximum absolute atomic E-state index is 12.5. The predicted octanol–water partition coefficient (Wildman–Crippen LogP) is 2.69.